The zero-order chi connectivity index (χ0) is 17.0. The fourth-order valence-electron chi connectivity index (χ4n) is 1.90. The Labute approximate surface area is 140 Å². The lowest BCUT2D eigenvalue weighted by atomic mass is 10.3. The van der Waals surface area contributed by atoms with Crippen LogP contribution >= 0.6 is 11.6 Å². The molecule has 1 heterocycles. The molecule has 0 bridgehead atoms. The molecule has 0 atom stereocenters. The topological polar surface area (TPSA) is 93.2 Å². The van der Waals surface area contributed by atoms with Crippen LogP contribution in [0.5, 0.6) is 5.75 Å². The molecule has 0 spiro atoms. The van der Waals surface area contributed by atoms with Crippen molar-refractivity contribution in [2.24, 2.45) is 0 Å². The van der Waals surface area contributed by atoms with E-state index in [4.69, 9.17) is 16.3 Å². The fraction of sp³-hybridized carbons (Fsp3) is 0.286. The van der Waals surface area contributed by atoms with E-state index in [-0.39, 0.29) is 27.4 Å². The van der Waals surface area contributed by atoms with Crippen molar-refractivity contribution < 1.29 is 13.2 Å². The number of nitrogens with zero attached hydrogens (tertiary/aromatic N) is 2. The van der Waals surface area contributed by atoms with Gasteiger partial charge in [-0.15, -0.1) is 0 Å². The van der Waals surface area contributed by atoms with Gasteiger partial charge < -0.3 is 10.1 Å². The molecule has 0 fully saturated rings. The van der Waals surface area contributed by atoms with Crippen LogP contribution in [-0.4, -0.2) is 31.5 Å². The lowest BCUT2D eigenvalue weighted by Gasteiger charge is -2.16. The summed E-state index contributed by atoms with van der Waals surface area (Å²) < 4.78 is 32.9. The summed E-state index contributed by atoms with van der Waals surface area (Å²) in [4.78, 5) is 7.77. The molecule has 2 aromatic rings. The van der Waals surface area contributed by atoms with E-state index in [1.54, 1.807) is 6.07 Å². The minimum Gasteiger partial charge on any atom is -0.495 e. The highest BCUT2D eigenvalue weighted by molar-refractivity contribution is 7.93. The summed E-state index contributed by atoms with van der Waals surface area (Å²) in [7, 11) is -2.59. The van der Waals surface area contributed by atoms with Gasteiger partial charge in [0.25, 0.3) is 10.0 Å². The second kappa shape index (κ2) is 7.01. The second-order valence-electron chi connectivity index (χ2n) is 4.96. The van der Waals surface area contributed by atoms with E-state index in [0.29, 0.717) is 5.82 Å². The summed E-state index contributed by atoms with van der Waals surface area (Å²) in [5, 5.41) is 3.11. The largest absolute Gasteiger partial charge is 0.495 e. The first-order chi connectivity index (χ1) is 10.8. The first-order valence-electron chi connectivity index (χ1n) is 6.77. The summed E-state index contributed by atoms with van der Waals surface area (Å²) in [6.45, 7) is 3.83. The highest BCUT2D eigenvalue weighted by Gasteiger charge is 2.24. The molecule has 0 aliphatic rings. The number of hydrogen-bond acceptors (Lipinski definition) is 6. The lowest BCUT2D eigenvalue weighted by Crippen LogP contribution is -2.18. The van der Waals surface area contributed by atoms with Crippen LogP contribution in [0.4, 0.5) is 11.5 Å². The van der Waals surface area contributed by atoms with Crippen molar-refractivity contribution in [1.29, 1.82) is 0 Å². The molecule has 0 amide bonds. The number of hydrogen-bond donors (Lipinski definition) is 2. The van der Waals surface area contributed by atoms with Crippen molar-refractivity contribution in [2.75, 3.05) is 17.1 Å². The zero-order valence-corrected chi connectivity index (χ0v) is 14.4. The maximum absolute atomic E-state index is 12.7. The molecule has 2 N–H and O–H groups in total. The van der Waals surface area contributed by atoms with Crippen molar-refractivity contribution >= 4 is 33.1 Å². The Morgan fingerprint density at radius 1 is 1.30 bits per heavy atom. The van der Waals surface area contributed by atoms with E-state index in [2.05, 4.69) is 20.0 Å². The number of halogens is 1. The number of sulfonamides is 1. The maximum atomic E-state index is 12.7. The Morgan fingerprint density at radius 2 is 2.04 bits per heavy atom. The number of benzene rings is 1. The summed E-state index contributed by atoms with van der Waals surface area (Å²) in [5.74, 6) is 0.532. The van der Waals surface area contributed by atoms with Crippen LogP contribution in [0.2, 0.25) is 5.02 Å². The van der Waals surface area contributed by atoms with E-state index in [9.17, 15) is 8.42 Å². The number of ether oxygens (including phenoxy) is 1. The molecule has 0 saturated heterocycles. The Hall–Kier alpha value is -2.06. The van der Waals surface area contributed by atoms with Gasteiger partial charge in [-0.05, 0) is 26.0 Å². The molecule has 0 aliphatic heterocycles. The van der Waals surface area contributed by atoms with E-state index >= 15 is 0 Å². The van der Waals surface area contributed by atoms with Crippen LogP contribution in [-0.2, 0) is 10.0 Å². The number of aromatic nitrogens is 2. The van der Waals surface area contributed by atoms with Gasteiger partial charge in [0.15, 0.2) is 5.82 Å². The zero-order valence-electron chi connectivity index (χ0n) is 12.9. The maximum Gasteiger partial charge on any atom is 0.267 e. The van der Waals surface area contributed by atoms with Crippen molar-refractivity contribution in [3.63, 3.8) is 0 Å². The normalized spacial score (nSPS) is 11.3. The van der Waals surface area contributed by atoms with Gasteiger partial charge in [0, 0.05) is 6.04 Å². The van der Waals surface area contributed by atoms with Crippen LogP contribution in [0.15, 0.2) is 35.6 Å². The predicted molar refractivity (Wildman–Crippen MR) is 89.6 cm³/mol. The second-order valence-corrected chi connectivity index (χ2v) is 6.99. The molecule has 1 aromatic carbocycles. The minimum atomic E-state index is -3.97. The fourth-order valence-corrected chi connectivity index (χ4v) is 3.65. The molecule has 7 nitrogen and oxygen atoms in total. The molecular weight excluding hydrogens is 340 g/mol. The average Bonchev–Trinajstić information content (AvgIpc) is 2.48. The molecular formula is C14H17ClN4O3S. The van der Waals surface area contributed by atoms with Crippen molar-refractivity contribution in [1.82, 2.24) is 9.97 Å². The molecule has 23 heavy (non-hydrogen) atoms. The monoisotopic (exact) mass is 356 g/mol. The highest BCUT2D eigenvalue weighted by atomic mass is 35.5. The quantitative estimate of drug-likeness (QED) is 0.826. The first-order valence-corrected chi connectivity index (χ1v) is 8.63. The molecule has 0 aliphatic carbocycles. The molecule has 9 heteroatoms. The van der Waals surface area contributed by atoms with Gasteiger partial charge in [0.1, 0.15) is 22.7 Å². The summed E-state index contributed by atoms with van der Waals surface area (Å²) in [6, 6.07) is 4.68. The van der Waals surface area contributed by atoms with Gasteiger partial charge in [-0.3, -0.25) is 4.72 Å². The van der Waals surface area contributed by atoms with E-state index in [0.717, 1.165) is 0 Å². The van der Waals surface area contributed by atoms with Crippen LogP contribution in [0.1, 0.15) is 13.8 Å². The Kier molecular flexibility index (Phi) is 5.27. The standard InChI is InChI=1S/C14H17ClN4O3S/c1-9(2)18-14-11(7-16-8-17-14)19-23(20,21)13-10(15)5-4-6-12(13)22-3/h4-9,19H,1-3H3,(H,16,17,18). The van der Waals surface area contributed by atoms with Crippen LogP contribution in [0, 0.1) is 0 Å². The summed E-state index contributed by atoms with van der Waals surface area (Å²) in [6.07, 6.45) is 2.71. The first kappa shape index (κ1) is 17.3. The molecule has 0 radical (unpaired) electrons. The minimum absolute atomic E-state index is 0.0621. The number of nitrogens with one attached hydrogen (secondary N) is 2. The molecule has 2 rings (SSSR count). The Balaban J connectivity index is 2.44. The third-order valence-electron chi connectivity index (χ3n) is 2.80. The average molecular weight is 357 g/mol. The SMILES string of the molecule is COc1cccc(Cl)c1S(=O)(=O)Nc1cncnc1NC(C)C. The summed E-state index contributed by atoms with van der Waals surface area (Å²) >= 11 is 6.04. The molecule has 1 aromatic heterocycles. The smallest absolute Gasteiger partial charge is 0.267 e. The number of methoxy groups -OCH3 is 1. The van der Waals surface area contributed by atoms with Gasteiger partial charge >= 0.3 is 0 Å². The predicted octanol–water partition coefficient (Wildman–Crippen LogP) is 2.76. The van der Waals surface area contributed by atoms with Crippen LogP contribution in [0.25, 0.3) is 0 Å². The van der Waals surface area contributed by atoms with Gasteiger partial charge in [0.05, 0.1) is 18.3 Å². The van der Waals surface area contributed by atoms with Crippen molar-refractivity contribution in [3.8, 4) is 5.75 Å². The van der Waals surface area contributed by atoms with E-state index in [1.807, 2.05) is 13.8 Å². The Morgan fingerprint density at radius 3 is 2.70 bits per heavy atom. The van der Waals surface area contributed by atoms with Gasteiger partial charge in [-0.2, -0.15) is 0 Å². The number of anilines is 2. The molecule has 124 valence electrons. The third-order valence-corrected chi connectivity index (χ3v) is 4.68. The lowest BCUT2D eigenvalue weighted by molar-refractivity contribution is 0.403. The van der Waals surface area contributed by atoms with E-state index in [1.165, 1.54) is 31.8 Å². The van der Waals surface area contributed by atoms with Crippen molar-refractivity contribution in [2.45, 2.75) is 24.8 Å². The van der Waals surface area contributed by atoms with Gasteiger partial charge in [-0.1, -0.05) is 17.7 Å². The van der Waals surface area contributed by atoms with Crippen molar-refractivity contribution in [3.05, 3.63) is 35.7 Å². The van der Waals surface area contributed by atoms with Crippen LogP contribution in [0.3, 0.4) is 0 Å². The Bertz CT molecular complexity index is 796. The molecule has 0 saturated carbocycles. The highest BCUT2D eigenvalue weighted by Crippen LogP contribution is 2.33. The van der Waals surface area contributed by atoms with Gasteiger partial charge in [-0.25, -0.2) is 18.4 Å². The van der Waals surface area contributed by atoms with Crippen LogP contribution < -0.4 is 14.8 Å². The molecule has 0 unspecified atom stereocenters. The third kappa shape index (κ3) is 4.02. The summed E-state index contributed by atoms with van der Waals surface area (Å²) in [5.41, 5.74) is 0.225. The number of rotatable bonds is 6. The van der Waals surface area contributed by atoms with E-state index < -0.39 is 10.0 Å². The van der Waals surface area contributed by atoms with Gasteiger partial charge in [0.2, 0.25) is 0 Å².